The largest absolute Gasteiger partial charge is 0.484 e. The number of hydrogen-bond acceptors (Lipinski definition) is 3. The number of ether oxygens (including phenoxy) is 1. The zero-order valence-electron chi connectivity index (χ0n) is 9.00. The molecule has 0 aliphatic rings. The van der Waals surface area contributed by atoms with E-state index in [4.69, 9.17) is 21.6 Å². The number of benzene rings is 1. The van der Waals surface area contributed by atoms with Gasteiger partial charge in [0.2, 0.25) is 0 Å². The average Bonchev–Trinajstić information content (AvgIpc) is 2.27. The van der Waals surface area contributed by atoms with Crippen LogP contribution in [-0.4, -0.2) is 12.4 Å². The second kappa shape index (κ2) is 6.14. The van der Waals surface area contributed by atoms with Gasteiger partial charge in [-0.3, -0.25) is 4.79 Å². The summed E-state index contributed by atoms with van der Waals surface area (Å²) in [6, 6.07) is 6.69. The van der Waals surface area contributed by atoms with Gasteiger partial charge in [0.25, 0.3) is 0 Å². The number of ketones is 1. The predicted octanol–water partition coefficient (Wildman–Crippen LogP) is 2.96. The van der Waals surface area contributed by atoms with E-state index < -0.39 is 0 Å². The van der Waals surface area contributed by atoms with E-state index in [2.05, 4.69) is 0 Å². The second-order valence-corrected chi connectivity index (χ2v) is 3.74. The molecule has 0 fully saturated rings. The minimum absolute atomic E-state index is 0.0272. The molecule has 0 saturated carbocycles. The molecule has 0 amide bonds. The summed E-state index contributed by atoms with van der Waals surface area (Å²) < 4.78 is 5.26. The zero-order chi connectivity index (χ0) is 12.0. The van der Waals surface area contributed by atoms with Gasteiger partial charge in [-0.15, -0.1) is 0 Å². The summed E-state index contributed by atoms with van der Waals surface area (Å²) in [5.41, 5.74) is 0.470. The smallest absolute Gasteiger partial charge is 0.170 e. The van der Waals surface area contributed by atoms with Crippen LogP contribution in [-0.2, 0) is 4.79 Å². The first-order valence-corrected chi connectivity index (χ1v) is 5.39. The Kier molecular flexibility index (Phi) is 4.81. The molecule has 0 aromatic heterocycles. The Morgan fingerprint density at radius 1 is 1.56 bits per heavy atom. The first kappa shape index (κ1) is 12.5. The van der Waals surface area contributed by atoms with Gasteiger partial charge in [0, 0.05) is 6.42 Å². The molecular formula is C12H12ClNO2. The number of nitriles is 1. The molecule has 0 aliphatic heterocycles. The molecule has 3 nitrogen and oxygen atoms in total. The fourth-order valence-electron chi connectivity index (χ4n) is 1.20. The van der Waals surface area contributed by atoms with Gasteiger partial charge >= 0.3 is 0 Å². The van der Waals surface area contributed by atoms with Crippen LogP contribution in [0.25, 0.3) is 0 Å². The highest BCUT2D eigenvalue weighted by Gasteiger charge is 2.06. The van der Waals surface area contributed by atoms with E-state index in [1.807, 2.05) is 13.0 Å². The van der Waals surface area contributed by atoms with Gasteiger partial charge < -0.3 is 4.74 Å². The van der Waals surface area contributed by atoms with Crippen molar-refractivity contribution in [1.29, 1.82) is 5.26 Å². The standard InChI is InChI=1S/C12H12ClNO2/c1-2-3-10(15)8-16-12-5-4-9(7-14)6-11(12)13/h4-6H,2-3,8H2,1H3. The van der Waals surface area contributed by atoms with Crippen LogP contribution in [0, 0.1) is 11.3 Å². The highest BCUT2D eigenvalue weighted by atomic mass is 35.5. The Morgan fingerprint density at radius 3 is 2.88 bits per heavy atom. The normalized spacial score (nSPS) is 9.56. The Bertz CT molecular complexity index is 424. The second-order valence-electron chi connectivity index (χ2n) is 3.33. The SMILES string of the molecule is CCCC(=O)COc1ccc(C#N)cc1Cl. The summed E-state index contributed by atoms with van der Waals surface area (Å²) in [4.78, 5) is 11.2. The lowest BCUT2D eigenvalue weighted by Crippen LogP contribution is -2.10. The van der Waals surface area contributed by atoms with Crippen molar-refractivity contribution < 1.29 is 9.53 Å². The topological polar surface area (TPSA) is 50.1 Å². The van der Waals surface area contributed by atoms with Crippen LogP contribution >= 0.6 is 11.6 Å². The van der Waals surface area contributed by atoms with Gasteiger partial charge in [0.05, 0.1) is 16.7 Å². The first-order chi connectivity index (χ1) is 7.67. The van der Waals surface area contributed by atoms with E-state index in [1.165, 1.54) is 6.07 Å². The maximum Gasteiger partial charge on any atom is 0.170 e. The molecule has 4 heteroatoms. The number of Topliss-reactive ketones (excluding diaryl/α,β-unsaturated/α-hetero) is 1. The fraction of sp³-hybridized carbons (Fsp3) is 0.333. The van der Waals surface area contributed by atoms with Crippen molar-refractivity contribution >= 4 is 17.4 Å². The molecule has 1 rings (SSSR count). The summed E-state index contributed by atoms with van der Waals surface area (Å²) in [5.74, 6) is 0.480. The van der Waals surface area contributed by atoms with Gasteiger partial charge in [0.15, 0.2) is 5.78 Å². The molecule has 1 aromatic rings. The molecule has 0 heterocycles. The molecule has 84 valence electrons. The Hall–Kier alpha value is -1.53. The summed E-state index contributed by atoms with van der Waals surface area (Å²) in [6.45, 7) is 1.96. The third-order valence-corrected chi connectivity index (χ3v) is 2.27. The van der Waals surface area contributed by atoms with Crippen molar-refractivity contribution in [3.05, 3.63) is 28.8 Å². The van der Waals surface area contributed by atoms with E-state index in [1.54, 1.807) is 12.1 Å². The van der Waals surface area contributed by atoms with Crippen molar-refractivity contribution in [2.45, 2.75) is 19.8 Å². The highest BCUT2D eigenvalue weighted by molar-refractivity contribution is 6.32. The number of hydrogen-bond donors (Lipinski definition) is 0. The number of carbonyl (C=O) groups is 1. The van der Waals surface area contributed by atoms with Crippen molar-refractivity contribution in [3.63, 3.8) is 0 Å². The Labute approximate surface area is 99.6 Å². The van der Waals surface area contributed by atoms with E-state index in [0.29, 0.717) is 22.8 Å². The van der Waals surface area contributed by atoms with Crippen LogP contribution in [0.5, 0.6) is 5.75 Å². The van der Waals surface area contributed by atoms with Crippen LogP contribution in [0.15, 0.2) is 18.2 Å². The number of carbonyl (C=O) groups excluding carboxylic acids is 1. The van der Waals surface area contributed by atoms with Gasteiger partial charge in [0.1, 0.15) is 12.4 Å². The van der Waals surface area contributed by atoms with Gasteiger partial charge in [-0.05, 0) is 24.6 Å². The highest BCUT2D eigenvalue weighted by Crippen LogP contribution is 2.25. The molecule has 0 saturated heterocycles. The van der Waals surface area contributed by atoms with Gasteiger partial charge in [-0.25, -0.2) is 0 Å². The van der Waals surface area contributed by atoms with Crippen molar-refractivity contribution in [2.75, 3.05) is 6.61 Å². The predicted molar refractivity (Wildman–Crippen MR) is 61.6 cm³/mol. The van der Waals surface area contributed by atoms with E-state index in [-0.39, 0.29) is 12.4 Å². The van der Waals surface area contributed by atoms with E-state index in [9.17, 15) is 4.79 Å². The summed E-state index contributed by atoms with van der Waals surface area (Å²) >= 11 is 5.88. The van der Waals surface area contributed by atoms with Crippen molar-refractivity contribution in [3.8, 4) is 11.8 Å². The average molecular weight is 238 g/mol. The zero-order valence-corrected chi connectivity index (χ0v) is 9.75. The monoisotopic (exact) mass is 237 g/mol. The quantitative estimate of drug-likeness (QED) is 0.791. The lowest BCUT2D eigenvalue weighted by Gasteiger charge is -2.06. The molecule has 0 bridgehead atoms. The Morgan fingerprint density at radius 2 is 2.31 bits per heavy atom. The fourth-order valence-corrected chi connectivity index (χ4v) is 1.43. The molecule has 0 atom stereocenters. The summed E-state index contributed by atoms with van der Waals surface area (Å²) in [5, 5.41) is 8.99. The Balaban J connectivity index is 2.62. The molecule has 0 N–H and O–H groups in total. The van der Waals surface area contributed by atoms with Gasteiger partial charge in [-0.1, -0.05) is 18.5 Å². The molecule has 0 unspecified atom stereocenters. The third kappa shape index (κ3) is 3.56. The number of nitrogens with zero attached hydrogens (tertiary/aromatic N) is 1. The molecule has 0 spiro atoms. The maximum absolute atomic E-state index is 11.2. The van der Waals surface area contributed by atoms with Gasteiger partial charge in [-0.2, -0.15) is 5.26 Å². The summed E-state index contributed by atoms with van der Waals surface area (Å²) in [6.07, 6.45) is 1.32. The van der Waals surface area contributed by atoms with E-state index >= 15 is 0 Å². The minimum Gasteiger partial charge on any atom is -0.484 e. The number of rotatable bonds is 5. The lowest BCUT2D eigenvalue weighted by molar-refractivity contribution is -0.121. The maximum atomic E-state index is 11.2. The number of halogens is 1. The van der Waals surface area contributed by atoms with Crippen molar-refractivity contribution in [1.82, 2.24) is 0 Å². The third-order valence-electron chi connectivity index (χ3n) is 1.98. The summed E-state index contributed by atoms with van der Waals surface area (Å²) in [7, 11) is 0. The molecule has 1 aromatic carbocycles. The van der Waals surface area contributed by atoms with Crippen LogP contribution in [0.4, 0.5) is 0 Å². The molecule has 0 radical (unpaired) electrons. The molecular weight excluding hydrogens is 226 g/mol. The lowest BCUT2D eigenvalue weighted by atomic mass is 10.2. The van der Waals surface area contributed by atoms with Crippen LogP contribution < -0.4 is 4.74 Å². The molecule has 16 heavy (non-hydrogen) atoms. The van der Waals surface area contributed by atoms with Crippen LogP contribution in [0.1, 0.15) is 25.3 Å². The minimum atomic E-state index is 0.0272. The molecule has 0 aliphatic carbocycles. The first-order valence-electron chi connectivity index (χ1n) is 5.01. The van der Waals surface area contributed by atoms with Crippen LogP contribution in [0.2, 0.25) is 5.02 Å². The van der Waals surface area contributed by atoms with Crippen LogP contribution in [0.3, 0.4) is 0 Å². The van der Waals surface area contributed by atoms with Crippen molar-refractivity contribution in [2.24, 2.45) is 0 Å². The van der Waals surface area contributed by atoms with E-state index in [0.717, 1.165) is 6.42 Å².